The molecule has 0 aliphatic rings. The minimum atomic E-state index is -4.85. The highest BCUT2D eigenvalue weighted by molar-refractivity contribution is 7.10. The van der Waals surface area contributed by atoms with Crippen LogP contribution in [0.1, 0.15) is 17.6 Å². The number of carbonyl (C=O) groups is 1. The van der Waals surface area contributed by atoms with Gasteiger partial charge >= 0.3 is 12.1 Å². The number of alkyl halides is 4. The Kier molecular flexibility index (Phi) is 6.83. The topological polar surface area (TPSA) is 65.2 Å². The maximum atomic E-state index is 13.5. The molecule has 0 saturated carbocycles. The molecule has 1 rings (SSSR count). The van der Waals surface area contributed by atoms with Crippen LogP contribution in [0.3, 0.4) is 0 Å². The summed E-state index contributed by atoms with van der Waals surface area (Å²) in [7, 11) is 0. The minimum Gasteiger partial charge on any atom is -0.462 e. The third-order valence-corrected chi connectivity index (χ3v) is 3.81. The quantitative estimate of drug-likeness (QED) is 0.360. The highest BCUT2D eigenvalue weighted by Gasteiger charge is 2.41. The molecule has 0 fully saturated rings. The van der Waals surface area contributed by atoms with Crippen LogP contribution in [0.15, 0.2) is 35.4 Å². The molecule has 0 amide bonds. The van der Waals surface area contributed by atoms with Gasteiger partial charge in [-0.15, -0.1) is 22.9 Å². The van der Waals surface area contributed by atoms with E-state index in [4.69, 9.17) is 17.3 Å². The summed E-state index contributed by atoms with van der Waals surface area (Å²) in [5.41, 5.74) is 3.38. The Balaban J connectivity index is 3.56. The zero-order valence-electron chi connectivity index (χ0n) is 12.1. The standard InChI is InChI=1S/C14H14ClF3N2O2S/c1-3-9(13(21)22-4-2)11(14(16,17)18)10(6-19)12-20-8(5-15)7-23-12/h3,6-7H,1,4-5,19H2,2H3/b10-6-,11-9-. The highest BCUT2D eigenvalue weighted by Crippen LogP contribution is 2.39. The molecule has 23 heavy (non-hydrogen) atoms. The molecule has 1 aromatic rings. The monoisotopic (exact) mass is 366 g/mol. The molecule has 0 bridgehead atoms. The minimum absolute atomic E-state index is 0.000812. The van der Waals surface area contributed by atoms with Crippen molar-refractivity contribution in [3.8, 4) is 0 Å². The predicted molar refractivity (Wildman–Crippen MR) is 83.7 cm³/mol. The van der Waals surface area contributed by atoms with Gasteiger partial charge in [-0.3, -0.25) is 0 Å². The molecule has 0 saturated heterocycles. The maximum Gasteiger partial charge on any atom is 0.417 e. The Bertz CT molecular complexity index is 651. The van der Waals surface area contributed by atoms with E-state index in [1.165, 1.54) is 12.3 Å². The summed E-state index contributed by atoms with van der Waals surface area (Å²) < 4.78 is 45.2. The molecular formula is C14H14ClF3N2O2S. The lowest BCUT2D eigenvalue weighted by atomic mass is 10.00. The van der Waals surface area contributed by atoms with Crippen molar-refractivity contribution < 1.29 is 22.7 Å². The van der Waals surface area contributed by atoms with Gasteiger partial charge < -0.3 is 10.5 Å². The van der Waals surface area contributed by atoms with Crippen molar-refractivity contribution in [2.45, 2.75) is 19.0 Å². The van der Waals surface area contributed by atoms with Gasteiger partial charge in [-0.25, -0.2) is 9.78 Å². The molecule has 0 unspecified atom stereocenters. The van der Waals surface area contributed by atoms with E-state index in [9.17, 15) is 18.0 Å². The van der Waals surface area contributed by atoms with Crippen LogP contribution in [-0.2, 0) is 15.4 Å². The fourth-order valence-corrected chi connectivity index (χ4v) is 2.78. The highest BCUT2D eigenvalue weighted by atomic mass is 35.5. The van der Waals surface area contributed by atoms with Crippen LogP contribution in [0.4, 0.5) is 13.2 Å². The number of hydrogen-bond acceptors (Lipinski definition) is 5. The Morgan fingerprint density at radius 1 is 1.57 bits per heavy atom. The van der Waals surface area contributed by atoms with E-state index >= 15 is 0 Å². The van der Waals surface area contributed by atoms with Crippen LogP contribution in [0.2, 0.25) is 0 Å². The van der Waals surface area contributed by atoms with Gasteiger partial charge in [0.15, 0.2) is 0 Å². The fraction of sp³-hybridized carbons (Fsp3) is 0.286. The van der Waals surface area contributed by atoms with E-state index in [2.05, 4.69) is 16.3 Å². The number of hydrogen-bond donors (Lipinski definition) is 1. The van der Waals surface area contributed by atoms with Gasteiger partial charge in [0.1, 0.15) is 5.01 Å². The summed E-state index contributed by atoms with van der Waals surface area (Å²) in [5.74, 6) is -1.09. The zero-order chi connectivity index (χ0) is 17.6. The zero-order valence-corrected chi connectivity index (χ0v) is 13.7. The van der Waals surface area contributed by atoms with Crippen LogP contribution in [0, 0.1) is 0 Å². The number of rotatable bonds is 6. The van der Waals surface area contributed by atoms with Crippen molar-refractivity contribution >= 4 is 34.5 Å². The van der Waals surface area contributed by atoms with Gasteiger partial charge in [0.2, 0.25) is 0 Å². The van der Waals surface area contributed by atoms with Crippen molar-refractivity contribution in [2.24, 2.45) is 5.73 Å². The number of nitrogens with two attached hydrogens (primary N) is 1. The molecule has 126 valence electrons. The fourth-order valence-electron chi connectivity index (χ4n) is 1.70. The van der Waals surface area contributed by atoms with Gasteiger partial charge in [0, 0.05) is 17.2 Å². The number of esters is 1. The molecule has 0 aliphatic heterocycles. The molecule has 0 atom stereocenters. The van der Waals surface area contributed by atoms with E-state index < -0.39 is 28.9 Å². The van der Waals surface area contributed by atoms with Gasteiger partial charge in [-0.05, 0) is 6.92 Å². The lowest BCUT2D eigenvalue weighted by molar-refractivity contribution is -0.139. The molecule has 0 aliphatic carbocycles. The predicted octanol–water partition coefficient (Wildman–Crippen LogP) is 3.79. The summed E-state index contributed by atoms with van der Waals surface area (Å²) in [5, 5.41) is 1.51. The number of allylic oxidation sites excluding steroid dienone is 2. The second-order valence-corrected chi connectivity index (χ2v) is 5.19. The lowest BCUT2D eigenvalue weighted by Crippen LogP contribution is -2.20. The summed E-state index contributed by atoms with van der Waals surface area (Å²) in [6.45, 7) is 4.68. The van der Waals surface area contributed by atoms with Crippen molar-refractivity contribution in [1.82, 2.24) is 4.98 Å². The van der Waals surface area contributed by atoms with Crippen LogP contribution in [-0.4, -0.2) is 23.7 Å². The molecule has 9 heteroatoms. The van der Waals surface area contributed by atoms with Crippen LogP contribution < -0.4 is 5.73 Å². The Hall–Kier alpha value is -1.80. The Labute approximate surface area is 140 Å². The number of aromatic nitrogens is 1. The Morgan fingerprint density at radius 3 is 2.61 bits per heavy atom. The second kappa shape index (κ2) is 8.16. The molecule has 1 aromatic heterocycles. The summed E-state index contributed by atoms with van der Waals surface area (Å²) in [6, 6.07) is 0. The molecular weight excluding hydrogens is 353 g/mol. The van der Waals surface area contributed by atoms with Crippen LogP contribution in [0.5, 0.6) is 0 Å². The number of thiazole rings is 1. The molecule has 0 radical (unpaired) electrons. The van der Waals surface area contributed by atoms with Crippen molar-refractivity contribution in [1.29, 1.82) is 0 Å². The number of carbonyl (C=O) groups excluding carboxylic acids is 1. The van der Waals surface area contributed by atoms with Crippen molar-refractivity contribution in [3.63, 3.8) is 0 Å². The number of halogens is 4. The van der Waals surface area contributed by atoms with Crippen molar-refractivity contribution in [3.05, 3.63) is 46.1 Å². The van der Waals surface area contributed by atoms with Crippen LogP contribution >= 0.6 is 22.9 Å². The first-order chi connectivity index (χ1) is 10.8. The number of nitrogens with zero attached hydrogens (tertiary/aromatic N) is 1. The molecule has 0 spiro atoms. The lowest BCUT2D eigenvalue weighted by Gasteiger charge is -2.16. The van der Waals surface area contributed by atoms with E-state index in [1.54, 1.807) is 0 Å². The Morgan fingerprint density at radius 2 is 2.22 bits per heavy atom. The van der Waals surface area contributed by atoms with E-state index in [0.717, 1.165) is 23.6 Å². The van der Waals surface area contributed by atoms with E-state index in [1.807, 2.05) is 0 Å². The van der Waals surface area contributed by atoms with Gasteiger partial charge in [0.25, 0.3) is 0 Å². The van der Waals surface area contributed by atoms with E-state index in [0.29, 0.717) is 5.69 Å². The number of ether oxygens (including phenoxy) is 1. The summed E-state index contributed by atoms with van der Waals surface area (Å²) >= 11 is 6.55. The molecule has 2 N–H and O–H groups in total. The largest absolute Gasteiger partial charge is 0.462 e. The first-order valence-electron chi connectivity index (χ1n) is 6.34. The first-order valence-corrected chi connectivity index (χ1v) is 7.75. The van der Waals surface area contributed by atoms with Gasteiger partial charge in [-0.1, -0.05) is 12.7 Å². The average molecular weight is 367 g/mol. The van der Waals surface area contributed by atoms with Crippen molar-refractivity contribution in [2.75, 3.05) is 6.61 Å². The van der Waals surface area contributed by atoms with Gasteiger partial charge in [0.05, 0.1) is 29.3 Å². The summed E-state index contributed by atoms with van der Waals surface area (Å²) in [6.07, 6.45) is -3.31. The first kappa shape index (κ1) is 19.2. The average Bonchev–Trinajstić information content (AvgIpc) is 2.95. The molecule has 0 aromatic carbocycles. The molecule has 1 heterocycles. The van der Waals surface area contributed by atoms with E-state index in [-0.39, 0.29) is 17.5 Å². The maximum absolute atomic E-state index is 13.5. The third kappa shape index (κ3) is 4.59. The smallest absolute Gasteiger partial charge is 0.417 e. The normalized spacial score (nSPS) is 13.5. The second-order valence-electron chi connectivity index (χ2n) is 4.07. The van der Waals surface area contributed by atoms with Crippen LogP contribution in [0.25, 0.3) is 5.57 Å². The third-order valence-electron chi connectivity index (χ3n) is 2.61. The summed E-state index contributed by atoms with van der Waals surface area (Å²) in [4.78, 5) is 15.8. The SMILES string of the molecule is C=C/C(C(=O)OCC)=C(\C(=C\N)c1nc(CCl)cs1)C(F)(F)F. The molecule has 4 nitrogen and oxygen atoms in total. The van der Waals surface area contributed by atoms with Gasteiger partial charge in [-0.2, -0.15) is 13.2 Å².